The average Bonchev–Trinajstić information content (AvgIpc) is 3.43. The highest BCUT2D eigenvalue weighted by atomic mass is 32.2. The highest BCUT2D eigenvalue weighted by Gasteiger charge is 2.41. The van der Waals surface area contributed by atoms with E-state index < -0.39 is 12.7 Å². The molecule has 0 bridgehead atoms. The Bertz CT molecular complexity index is 3760. The van der Waals surface area contributed by atoms with Crippen molar-refractivity contribution >= 4 is 57.7 Å². The van der Waals surface area contributed by atoms with Gasteiger partial charge in [0.05, 0.1) is 11.4 Å². The van der Waals surface area contributed by atoms with Gasteiger partial charge < -0.3 is 30.3 Å². The summed E-state index contributed by atoms with van der Waals surface area (Å²) in [6.07, 6.45) is -4.85. The van der Waals surface area contributed by atoms with E-state index in [4.69, 9.17) is 12.2 Å². The van der Waals surface area contributed by atoms with Gasteiger partial charge in [-0.15, -0.1) is 36.5 Å². The molecule has 11 rings (SSSR count). The zero-order chi connectivity index (χ0) is 61.0. The van der Waals surface area contributed by atoms with Gasteiger partial charge in [0.2, 0.25) is 0 Å². The van der Waals surface area contributed by atoms with E-state index in [9.17, 15) is 35.9 Å². The Hall–Kier alpha value is -8.77. The fourth-order valence-corrected chi connectivity index (χ4v) is 11.1. The fraction of sp³-hybridized carbons (Fsp3) is 0.290. The van der Waals surface area contributed by atoms with Crippen LogP contribution < -0.4 is 35.6 Å². The van der Waals surface area contributed by atoms with E-state index >= 15 is 0 Å². The molecule has 3 aliphatic rings. The molecule has 2 aromatic heterocycles. The van der Waals surface area contributed by atoms with E-state index in [0.29, 0.717) is 34.9 Å². The summed E-state index contributed by atoms with van der Waals surface area (Å²) in [6, 6.07) is 38.3. The van der Waals surface area contributed by atoms with Gasteiger partial charge in [0.25, 0.3) is 0 Å². The van der Waals surface area contributed by atoms with Crippen molar-refractivity contribution in [3.8, 4) is 45.6 Å². The maximum Gasteiger partial charge on any atom is 0.573 e. The second kappa shape index (κ2) is 25.4. The predicted octanol–water partition coefficient (Wildman–Crippen LogP) is 14.3. The number of urea groups is 2. The second-order valence-corrected chi connectivity index (χ2v) is 23.1. The van der Waals surface area contributed by atoms with Crippen LogP contribution >= 0.6 is 24.0 Å². The number of amidine groups is 1. The van der Waals surface area contributed by atoms with Gasteiger partial charge in [-0.25, -0.2) is 28.9 Å². The first-order valence-corrected chi connectivity index (χ1v) is 29.0. The summed E-state index contributed by atoms with van der Waals surface area (Å²) in [6.45, 7) is 13.4. The van der Waals surface area contributed by atoms with Gasteiger partial charge in [-0.3, -0.25) is 5.32 Å². The molecule has 8 aromatic rings. The zero-order valence-electron chi connectivity index (χ0n) is 47.4. The van der Waals surface area contributed by atoms with Crippen molar-refractivity contribution in [3.05, 3.63) is 179 Å². The second-order valence-electron chi connectivity index (χ2n) is 21.6. The molecular formula is C62H60F6N12O4S2. The lowest BCUT2D eigenvalue weighted by atomic mass is 9.99. The van der Waals surface area contributed by atoms with Crippen molar-refractivity contribution < 1.29 is 45.4 Å². The van der Waals surface area contributed by atoms with Crippen LogP contribution in [-0.2, 0) is 0 Å². The third-order valence-electron chi connectivity index (χ3n) is 14.4. The summed E-state index contributed by atoms with van der Waals surface area (Å²) >= 11 is 6.97. The highest BCUT2D eigenvalue weighted by Crippen LogP contribution is 2.43. The van der Waals surface area contributed by atoms with Crippen LogP contribution in [0.5, 0.6) is 11.5 Å². The van der Waals surface area contributed by atoms with Gasteiger partial charge in [0.1, 0.15) is 24.2 Å². The van der Waals surface area contributed by atoms with E-state index in [0.717, 1.165) is 75.1 Å². The summed E-state index contributed by atoms with van der Waals surface area (Å²) in [5, 5.41) is 21.8. The summed E-state index contributed by atoms with van der Waals surface area (Å²) in [5.41, 5.74) is 11.5. The number of hydrogen-bond donors (Lipinski definition) is 4. The molecule has 2 aliphatic carbocycles. The number of thiocarbonyl (C=S) groups is 1. The number of carbonyl (C=O) groups excluding carboxylic acids is 2. The number of aryl methyl sites for hydroxylation is 2. The number of aliphatic imine (C=N–C) groups is 1. The van der Waals surface area contributed by atoms with Gasteiger partial charge in [0, 0.05) is 58.7 Å². The van der Waals surface area contributed by atoms with Crippen molar-refractivity contribution in [1.82, 2.24) is 45.5 Å². The number of aromatic nitrogens is 6. The molecule has 4 unspecified atom stereocenters. The Balaban J connectivity index is 0.000000191. The number of nitrogens with zero attached hydrogens (tertiary/aromatic N) is 8. The Morgan fingerprint density at radius 1 is 0.640 bits per heavy atom. The SMILES string of the molecule is Cc1ccc(C(C)C)c(N2CCSC2=NC(=O)NC2CC2c2ccc(-c3ncn(-c4ccc(OC(F)(F)F)cc4)n3)cc2)c1.Cc1ccc(C(C)C)c(NC(=S)NC(=O)NC2CC2c2ccc(-c3ncn(-c4ccc(OC(F)(F)F)cc4)n3)cc2)c1. The third-order valence-corrected chi connectivity index (χ3v) is 15.6. The molecule has 1 aliphatic heterocycles. The van der Waals surface area contributed by atoms with Crippen LogP contribution in [0.25, 0.3) is 34.2 Å². The molecule has 6 aromatic carbocycles. The van der Waals surface area contributed by atoms with Crippen LogP contribution in [0.4, 0.5) is 47.3 Å². The number of benzene rings is 6. The van der Waals surface area contributed by atoms with Gasteiger partial charge in [-0.2, -0.15) is 4.99 Å². The number of thioether (sulfide) groups is 1. The van der Waals surface area contributed by atoms with Gasteiger partial charge in [0.15, 0.2) is 21.9 Å². The van der Waals surface area contributed by atoms with E-state index in [1.165, 1.54) is 81.7 Å². The molecule has 3 fully saturated rings. The minimum atomic E-state index is -4.75. The predicted molar refractivity (Wildman–Crippen MR) is 323 cm³/mol. The van der Waals surface area contributed by atoms with Crippen molar-refractivity contribution in [2.45, 2.75) is 103 Å². The summed E-state index contributed by atoms with van der Waals surface area (Å²) in [5.74, 6) is 2.26. The van der Waals surface area contributed by atoms with Crippen molar-refractivity contribution in [2.75, 3.05) is 22.5 Å². The van der Waals surface area contributed by atoms with Crippen LogP contribution in [0.1, 0.15) is 97.6 Å². The van der Waals surface area contributed by atoms with Crippen LogP contribution in [0.3, 0.4) is 0 Å². The Morgan fingerprint density at radius 3 is 1.60 bits per heavy atom. The molecule has 3 heterocycles. The number of hydrogen-bond acceptors (Lipinski definition) is 10. The lowest BCUT2D eigenvalue weighted by molar-refractivity contribution is -0.275. The first-order valence-electron chi connectivity index (χ1n) is 27.6. The fourth-order valence-electron chi connectivity index (χ4n) is 9.96. The molecule has 4 amide bonds. The van der Waals surface area contributed by atoms with Gasteiger partial charge >= 0.3 is 24.8 Å². The van der Waals surface area contributed by atoms with E-state index in [-0.39, 0.29) is 52.6 Å². The average molecular weight is 1220 g/mol. The molecule has 0 radical (unpaired) electrons. The third kappa shape index (κ3) is 15.6. The molecular weight excluding hydrogens is 1150 g/mol. The highest BCUT2D eigenvalue weighted by molar-refractivity contribution is 8.14. The number of ether oxygens (including phenoxy) is 2. The molecule has 446 valence electrons. The zero-order valence-corrected chi connectivity index (χ0v) is 49.1. The number of nitrogens with one attached hydrogen (secondary N) is 4. The van der Waals surface area contributed by atoms with E-state index in [2.05, 4.69) is 126 Å². The number of amides is 4. The Labute approximate surface area is 501 Å². The molecule has 86 heavy (non-hydrogen) atoms. The standard InChI is InChI=1S/C32H31F3N6O2S.C30H29F3N6O2S/c1-19(2)25-13-4-20(3)16-28(25)40-14-15-44-31(40)38-30(42)37-27-17-26(27)21-5-7-22(8-6-21)29-36-18-41(39-29)23-9-11-24(12-10-23)43-32(33,34)35;1-17(2)23-13-4-18(3)14-25(23)36-29(42)37-28(40)35-26-15-24(26)19-5-7-20(8-6-19)27-34-16-39(38-27)21-9-11-22(12-10-21)41-30(31,32)33/h4-13,16,18-19,26-27H,14-15,17H2,1-3H3,(H,37,42);4-14,16-17,24,26H,15H2,1-3H3,(H3,35,36,37,40,42). The normalized spacial score (nSPS) is 17.7. The van der Waals surface area contributed by atoms with E-state index in [1.807, 2.05) is 61.5 Å². The Kier molecular flexibility index (Phi) is 17.9. The van der Waals surface area contributed by atoms with Crippen LogP contribution in [0, 0.1) is 13.8 Å². The van der Waals surface area contributed by atoms with E-state index in [1.54, 1.807) is 11.8 Å². The number of halogens is 6. The lowest BCUT2D eigenvalue weighted by Gasteiger charge is -2.23. The smallest absolute Gasteiger partial charge is 0.406 e. The monoisotopic (exact) mass is 1210 g/mol. The van der Waals surface area contributed by atoms with Crippen molar-refractivity contribution in [3.63, 3.8) is 0 Å². The first-order chi connectivity index (χ1) is 41.0. The molecule has 1 saturated heterocycles. The molecule has 2 saturated carbocycles. The largest absolute Gasteiger partial charge is 0.573 e. The Morgan fingerprint density at radius 2 is 1.12 bits per heavy atom. The van der Waals surface area contributed by atoms with Crippen LogP contribution in [-0.4, -0.2) is 89.0 Å². The molecule has 0 spiro atoms. The summed E-state index contributed by atoms with van der Waals surface area (Å²) < 4.78 is 85.2. The maximum absolute atomic E-state index is 12.9. The topological polar surface area (TPSA) is 178 Å². The maximum atomic E-state index is 12.9. The molecule has 4 atom stereocenters. The summed E-state index contributed by atoms with van der Waals surface area (Å²) in [4.78, 5) is 40.8. The van der Waals surface area contributed by atoms with Crippen molar-refractivity contribution in [2.24, 2.45) is 4.99 Å². The van der Waals surface area contributed by atoms with Crippen LogP contribution in [0.2, 0.25) is 0 Å². The van der Waals surface area contributed by atoms with Crippen molar-refractivity contribution in [1.29, 1.82) is 0 Å². The number of carbonyl (C=O) groups is 2. The minimum absolute atomic E-state index is 0.00882. The van der Waals surface area contributed by atoms with Gasteiger partial charge in [-0.1, -0.05) is 112 Å². The molecule has 16 nitrogen and oxygen atoms in total. The van der Waals surface area contributed by atoms with Crippen LogP contribution in [0.15, 0.2) is 151 Å². The number of rotatable bonds is 14. The first kappa shape index (κ1) is 60.4. The minimum Gasteiger partial charge on any atom is -0.406 e. The molecule has 4 N–H and O–H groups in total. The lowest BCUT2D eigenvalue weighted by Crippen LogP contribution is -2.42. The quantitative estimate of drug-likeness (QED) is 0.0599. The number of anilines is 2. The van der Waals surface area contributed by atoms with Gasteiger partial charge in [-0.05, 0) is 145 Å². The number of alkyl halides is 6. The summed E-state index contributed by atoms with van der Waals surface area (Å²) in [7, 11) is 0. The molecule has 24 heteroatoms.